The lowest BCUT2D eigenvalue weighted by atomic mass is 10.2. The van der Waals surface area contributed by atoms with Crippen LogP contribution in [0, 0.1) is 13.8 Å². The summed E-state index contributed by atoms with van der Waals surface area (Å²) in [5.74, 6) is -1.28. The molecule has 1 N–H and O–H groups in total. The monoisotopic (exact) mass is 283 g/mol. The number of benzene rings is 1. The number of carboxylic acids is 1. The summed E-state index contributed by atoms with van der Waals surface area (Å²) < 4.78 is 2.90. The zero-order chi connectivity index (χ0) is 15.1. The standard InChI is InChI=1S/C15H13N3O3/c1-9-3-5-11(6-4-9)17-8-10(2)13-16-7-12(15(20)21)14(19)18(13)17/h3-8H,1-2H3,(H,20,21). The van der Waals surface area contributed by atoms with E-state index in [1.165, 1.54) is 4.52 Å². The van der Waals surface area contributed by atoms with Crippen molar-refractivity contribution >= 4 is 11.6 Å². The second-order valence-corrected chi connectivity index (χ2v) is 4.91. The lowest BCUT2D eigenvalue weighted by Gasteiger charge is -2.07. The van der Waals surface area contributed by atoms with Crippen LogP contribution in [0.4, 0.5) is 0 Å². The molecule has 0 aliphatic heterocycles. The first kappa shape index (κ1) is 13.1. The quantitative estimate of drug-likeness (QED) is 0.778. The molecule has 0 fully saturated rings. The van der Waals surface area contributed by atoms with Gasteiger partial charge in [0.05, 0.1) is 5.69 Å². The number of nitrogens with zero attached hydrogens (tertiary/aromatic N) is 3. The largest absolute Gasteiger partial charge is 0.477 e. The van der Waals surface area contributed by atoms with Crippen LogP contribution in [0.5, 0.6) is 0 Å². The van der Waals surface area contributed by atoms with Gasteiger partial charge in [-0.2, -0.15) is 4.52 Å². The average Bonchev–Trinajstić information content (AvgIpc) is 2.78. The van der Waals surface area contributed by atoms with Crippen molar-refractivity contribution in [3.05, 3.63) is 63.7 Å². The molecule has 3 rings (SSSR count). The Hall–Kier alpha value is -2.89. The lowest BCUT2D eigenvalue weighted by Crippen LogP contribution is -2.26. The van der Waals surface area contributed by atoms with E-state index in [2.05, 4.69) is 4.98 Å². The van der Waals surface area contributed by atoms with E-state index in [9.17, 15) is 9.59 Å². The van der Waals surface area contributed by atoms with Crippen molar-refractivity contribution in [2.75, 3.05) is 0 Å². The Labute approximate surface area is 119 Å². The van der Waals surface area contributed by atoms with Gasteiger partial charge in [0, 0.05) is 18.0 Å². The first-order chi connectivity index (χ1) is 9.99. The topological polar surface area (TPSA) is 76.6 Å². The highest BCUT2D eigenvalue weighted by atomic mass is 16.4. The van der Waals surface area contributed by atoms with Gasteiger partial charge in [-0.1, -0.05) is 17.7 Å². The third-order valence-corrected chi connectivity index (χ3v) is 3.35. The fourth-order valence-electron chi connectivity index (χ4n) is 2.25. The highest BCUT2D eigenvalue weighted by Gasteiger charge is 2.16. The number of hydrogen-bond donors (Lipinski definition) is 1. The van der Waals surface area contributed by atoms with E-state index in [1.54, 1.807) is 10.9 Å². The van der Waals surface area contributed by atoms with Crippen LogP contribution in [0.2, 0.25) is 0 Å². The van der Waals surface area contributed by atoms with Gasteiger partial charge in [0.2, 0.25) is 0 Å². The fourth-order valence-corrected chi connectivity index (χ4v) is 2.25. The predicted molar refractivity (Wildman–Crippen MR) is 77.2 cm³/mol. The van der Waals surface area contributed by atoms with Crippen LogP contribution in [0.1, 0.15) is 21.5 Å². The van der Waals surface area contributed by atoms with Crippen LogP contribution in [-0.2, 0) is 0 Å². The fraction of sp³-hybridized carbons (Fsp3) is 0.133. The Kier molecular flexibility index (Phi) is 2.86. The summed E-state index contributed by atoms with van der Waals surface area (Å²) in [7, 11) is 0. The maximum absolute atomic E-state index is 12.4. The molecule has 106 valence electrons. The first-order valence-corrected chi connectivity index (χ1v) is 6.39. The smallest absolute Gasteiger partial charge is 0.343 e. The first-order valence-electron chi connectivity index (χ1n) is 6.39. The van der Waals surface area contributed by atoms with Crippen molar-refractivity contribution in [2.45, 2.75) is 13.8 Å². The molecule has 0 amide bonds. The number of carboxylic acid groups (broad SMARTS) is 1. The molecular formula is C15H13N3O3. The lowest BCUT2D eigenvalue weighted by molar-refractivity contribution is 0.0694. The van der Waals surface area contributed by atoms with E-state index in [1.807, 2.05) is 38.1 Å². The van der Waals surface area contributed by atoms with Gasteiger partial charge in [-0.3, -0.25) is 9.48 Å². The summed E-state index contributed by atoms with van der Waals surface area (Å²) in [6, 6.07) is 7.59. The molecule has 0 saturated heterocycles. The van der Waals surface area contributed by atoms with Gasteiger partial charge in [-0.25, -0.2) is 9.78 Å². The molecule has 3 aromatic rings. The van der Waals surface area contributed by atoms with E-state index in [0.717, 1.165) is 23.0 Å². The molecule has 0 aliphatic rings. The second-order valence-electron chi connectivity index (χ2n) is 4.91. The zero-order valence-electron chi connectivity index (χ0n) is 11.6. The van der Waals surface area contributed by atoms with Crippen LogP contribution in [0.15, 0.2) is 41.5 Å². The molecule has 0 aliphatic carbocycles. The van der Waals surface area contributed by atoms with Gasteiger partial charge in [-0.05, 0) is 26.0 Å². The van der Waals surface area contributed by atoms with E-state index in [4.69, 9.17) is 5.11 Å². The number of carbonyl (C=O) groups is 1. The Morgan fingerprint density at radius 1 is 1.19 bits per heavy atom. The highest BCUT2D eigenvalue weighted by Crippen LogP contribution is 2.14. The SMILES string of the molecule is Cc1ccc(-n2cc(C)c3ncc(C(=O)O)c(=O)n32)cc1. The van der Waals surface area contributed by atoms with Crippen molar-refractivity contribution in [2.24, 2.45) is 0 Å². The van der Waals surface area contributed by atoms with Crippen LogP contribution in [0.3, 0.4) is 0 Å². The Morgan fingerprint density at radius 2 is 1.86 bits per heavy atom. The van der Waals surface area contributed by atoms with Crippen molar-refractivity contribution in [3.63, 3.8) is 0 Å². The average molecular weight is 283 g/mol. The summed E-state index contributed by atoms with van der Waals surface area (Å²) in [5, 5.41) is 9.07. The normalized spacial score (nSPS) is 11.0. The summed E-state index contributed by atoms with van der Waals surface area (Å²) in [6.45, 7) is 3.80. The Bertz CT molecular complexity index is 904. The number of hydrogen-bond acceptors (Lipinski definition) is 3. The predicted octanol–water partition coefficient (Wildman–Crippen LogP) is 1.80. The molecule has 0 unspecified atom stereocenters. The highest BCUT2D eigenvalue weighted by molar-refractivity contribution is 5.87. The molecular weight excluding hydrogens is 270 g/mol. The van der Waals surface area contributed by atoms with Crippen LogP contribution >= 0.6 is 0 Å². The van der Waals surface area contributed by atoms with Crippen molar-refractivity contribution < 1.29 is 9.90 Å². The minimum atomic E-state index is -1.28. The number of aromatic carboxylic acids is 1. The zero-order valence-corrected chi connectivity index (χ0v) is 11.6. The molecule has 21 heavy (non-hydrogen) atoms. The summed E-state index contributed by atoms with van der Waals surface area (Å²) in [5.41, 5.74) is 2.17. The number of aromatic nitrogens is 3. The Morgan fingerprint density at radius 3 is 2.48 bits per heavy atom. The molecule has 0 spiro atoms. The molecule has 0 saturated carbocycles. The Balaban J connectivity index is 2.38. The van der Waals surface area contributed by atoms with Crippen molar-refractivity contribution in [1.29, 1.82) is 0 Å². The van der Waals surface area contributed by atoms with Crippen molar-refractivity contribution in [3.8, 4) is 5.69 Å². The molecule has 0 bridgehead atoms. The van der Waals surface area contributed by atoms with Crippen LogP contribution in [0.25, 0.3) is 11.3 Å². The van der Waals surface area contributed by atoms with Gasteiger partial charge in [0.1, 0.15) is 5.56 Å². The third kappa shape index (κ3) is 2.01. The van der Waals surface area contributed by atoms with Crippen molar-refractivity contribution in [1.82, 2.24) is 14.2 Å². The summed E-state index contributed by atoms with van der Waals surface area (Å²) in [4.78, 5) is 27.6. The maximum Gasteiger partial charge on any atom is 0.343 e. The molecule has 1 aromatic carbocycles. The van der Waals surface area contributed by atoms with Gasteiger partial charge in [0.15, 0.2) is 5.65 Å². The number of fused-ring (bicyclic) bond motifs is 1. The maximum atomic E-state index is 12.4. The van der Waals surface area contributed by atoms with E-state index in [-0.39, 0.29) is 5.56 Å². The van der Waals surface area contributed by atoms with Crippen LogP contribution in [-0.4, -0.2) is 25.3 Å². The molecule has 2 heterocycles. The second kappa shape index (κ2) is 4.59. The van der Waals surface area contributed by atoms with E-state index < -0.39 is 11.5 Å². The van der Waals surface area contributed by atoms with Gasteiger partial charge in [0.25, 0.3) is 5.56 Å². The minimum Gasteiger partial charge on any atom is -0.477 e. The summed E-state index contributed by atoms with van der Waals surface area (Å²) in [6.07, 6.45) is 2.87. The summed E-state index contributed by atoms with van der Waals surface area (Å²) >= 11 is 0. The molecule has 6 heteroatoms. The van der Waals surface area contributed by atoms with E-state index in [0.29, 0.717) is 5.65 Å². The van der Waals surface area contributed by atoms with Gasteiger partial charge in [-0.15, -0.1) is 0 Å². The number of aryl methyl sites for hydroxylation is 2. The third-order valence-electron chi connectivity index (χ3n) is 3.35. The van der Waals surface area contributed by atoms with Gasteiger partial charge < -0.3 is 5.11 Å². The molecule has 0 atom stereocenters. The molecule has 6 nitrogen and oxygen atoms in total. The van der Waals surface area contributed by atoms with Gasteiger partial charge >= 0.3 is 5.97 Å². The van der Waals surface area contributed by atoms with Crippen LogP contribution < -0.4 is 5.56 Å². The molecule has 2 aromatic heterocycles. The number of rotatable bonds is 2. The van der Waals surface area contributed by atoms with E-state index >= 15 is 0 Å². The molecule has 0 radical (unpaired) electrons. The minimum absolute atomic E-state index is 0.348.